The Morgan fingerprint density at radius 2 is 1.21 bits per heavy atom. The van der Waals surface area contributed by atoms with E-state index in [0.717, 1.165) is 45.7 Å². The molecule has 4 nitrogen and oxygen atoms in total. The van der Waals surface area contributed by atoms with Gasteiger partial charge in [-0.25, -0.2) is 0 Å². The van der Waals surface area contributed by atoms with Gasteiger partial charge in [-0.3, -0.25) is 9.59 Å². The molecule has 0 aromatic heterocycles. The van der Waals surface area contributed by atoms with E-state index in [9.17, 15) is 22.8 Å². The monoisotopic (exact) mass is 518 g/mol. The molecule has 0 spiro atoms. The van der Waals surface area contributed by atoms with E-state index in [4.69, 9.17) is 9.47 Å². The van der Waals surface area contributed by atoms with Gasteiger partial charge in [0.2, 0.25) is 0 Å². The fourth-order valence-electron chi connectivity index (χ4n) is 4.19. The minimum atomic E-state index is -4.65. The summed E-state index contributed by atoms with van der Waals surface area (Å²) in [7, 11) is 0. The summed E-state index contributed by atoms with van der Waals surface area (Å²) in [5.74, 6) is 0.319. The van der Waals surface area contributed by atoms with E-state index in [1.807, 2.05) is 50.2 Å². The molecule has 0 atom stereocenters. The number of benzene rings is 4. The van der Waals surface area contributed by atoms with Gasteiger partial charge in [0.1, 0.15) is 37.3 Å². The van der Waals surface area contributed by atoms with Gasteiger partial charge >= 0.3 is 6.18 Å². The molecule has 38 heavy (non-hydrogen) atoms. The SMILES string of the molecule is Cc1c(COc2ccc(C=O)cc2)cccc1-c1cccc(COc2ccc(C=O)cc2C(F)(F)F)c1C. The van der Waals surface area contributed by atoms with Crippen LogP contribution in [0.3, 0.4) is 0 Å². The van der Waals surface area contributed by atoms with Crippen LogP contribution in [0, 0.1) is 13.8 Å². The molecule has 4 aromatic carbocycles. The molecule has 4 rings (SSSR count). The molecule has 0 radical (unpaired) electrons. The average molecular weight is 519 g/mol. The molecule has 0 aliphatic heterocycles. The molecule has 0 aliphatic rings. The molecule has 0 bridgehead atoms. The lowest BCUT2D eigenvalue weighted by Crippen LogP contribution is -2.10. The van der Waals surface area contributed by atoms with Crippen molar-refractivity contribution in [2.24, 2.45) is 0 Å². The van der Waals surface area contributed by atoms with Crippen LogP contribution in [0.1, 0.15) is 48.5 Å². The molecule has 0 fully saturated rings. The van der Waals surface area contributed by atoms with E-state index in [2.05, 4.69) is 0 Å². The van der Waals surface area contributed by atoms with Gasteiger partial charge in [-0.1, -0.05) is 36.4 Å². The number of hydrogen-bond acceptors (Lipinski definition) is 4. The molecule has 4 aromatic rings. The molecule has 0 amide bonds. The Bertz CT molecular complexity index is 1460. The third-order valence-electron chi connectivity index (χ3n) is 6.42. The van der Waals surface area contributed by atoms with E-state index in [-0.39, 0.29) is 17.9 Å². The highest BCUT2D eigenvalue weighted by Crippen LogP contribution is 2.37. The lowest BCUT2D eigenvalue weighted by molar-refractivity contribution is -0.139. The van der Waals surface area contributed by atoms with Crippen LogP contribution in [-0.2, 0) is 19.4 Å². The van der Waals surface area contributed by atoms with Gasteiger partial charge < -0.3 is 9.47 Å². The van der Waals surface area contributed by atoms with E-state index >= 15 is 0 Å². The van der Waals surface area contributed by atoms with Crippen molar-refractivity contribution in [3.8, 4) is 22.6 Å². The maximum atomic E-state index is 13.5. The van der Waals surface area contributed by atoms with Gasteiger partial charge in [0.15, 0.2) is 0 Å². The Labute approximate surface area is 218 Å². The van der Waals surface area contributed by atoms with Gasteiger partial charge in [-0.15, -0.1) is 0 Å². The van der Waals surface area contributed by atoms with Gasteiger partial charge in [0.05, 0.1) is 5.56 Å². The quantitative estimate of drug-likeness (QED) is 0.212. The Morgan fingerprint density at radius 3 is 1.74 bits per heavy atom. The highest BCUT2D eigenvalue weighted by atomic mass is 19.4. The summed E-state index contributed by atoms with van der Waals surface area (Å²) < 4.78 is 52.1. The summed E-state index contributed by atoms with van der Waals surface area (Å²) in [6, 6.07) is 21.7. The second kappa shape index (κ2) is 11.3. The predicted octanol–water partition coefficient (Wildman–Crippen LogP) is 7.77. The van der Waals surface area contributed by atoms with Crippen molar-refractivity contribution in [2.45, 2.75) is 33.2 Å². The number of aldehydes is 2. The van der Waals surface area contributed by atoms with Crippen LogP contribution in [0.15, 0.2) is 78.9 Å². The Balaban J connectivity index is 1.56. The van der Waals surface area contributed by atoms with Crippen molar-refractivity contribution in [3.05, 3.63) is 118 Å². The summed E-state index contributed by atoms with van der Waals surface area (Å²) >= 11 is 0. The topological polar surface area (TPSA) is 52.6 Å². The molecule has 7 heteroatoms. The summed E-state index contributed by atoms with van der Waals surface area (Å²) in [6.07, 6.45) is -3.50. The maximum Gasteiger partial charge on any atom is 0.419 e. The molecule has 0 unspecified atom stereocenters. The summed E-state index contributed by atoms with van der Waals surface area (Å²) in [5, 5.41) is 0. The lowest BCUT2D eigenvalue weighted by atomic mass is 9.92. The predicted molar refractivity (Wildman–Crippen MR) is 139 cm³/mol. The summed E-state index contributed by atoms with van der Waals surface area (Å²) in [4.78, 5) is 21.8. The first-order valence-electron chi connectivity index (χ1n) is 11.9. The zero-order chi connectivity index (χ0) is 27.3. The molecular weight excluding hydrogens is 493 g/mol. The normalized spacial score (nSPS) is 11.2. The zero-order valence-corrected chi connectivity index (χ0v) is 20.8. The first kappa shape index (κ1) is 26.7. The number of ether oxygens (including phenoxy) is 2. The fraction of sp³-hybridized carbons (Fsp3) is 0.161. The van der Waals surface area contributed by atoms with Crippen molar-refractivity contribution in [1.82, 2.24) is 0 Å². The zero-order valence-electron chi connectivity index (χ0n) is 20.8. The van der Waals surface area contributed by atoms with Gasteiger partial charge in [-0.2, -0.15) is 13.2 Å². The molecule has 0 saturated carbocycles. The van der Waals surface area contributed by atoms with Crippen LogP contribution >= 0.6 is 0 Å². The van der Waals surface area contributed by atoms with E-state index < -0.39 is 11.7 Å². The van der Waals surface area contributed by atoms with E-state index in [1.165, 1.54) is 12.1 Å². The molecule has 0 saturated heterocycles. The number of hydrogen-bond donors (Lipinski definition) is 0. The van der Waals surface area contributed by atoms with Crippen LogP contribution in [-0.4, -0.2) is 12.6 Å². The van der Waals surface area contributed by atoms with Crippen LogP contribution < -0.4 is 9.47 Å². The molecule has 194 valence electrons. The van der Waals surface area contributed by atoms with Crippen molar-refractivity contribution >= 4 is 12.6 Å². The minimum absolute atomic E-state index is 0.0676. The highest BCUT2D eigenvalue weighted by molar-refractivity contribution is 5.76. The summed E-state index contributed by atoms with van der Waals surface area (Å²) in [5.41, 5.74) is 5.06. The molecule has 0 heterocycles. The standard InChI is InChI=1S/C31H25F3O4/c1-20-24(18-37-26-12-9-22(16-35)10-13-26)5-3-7-27(20)28-8-4-6-25(21(28)2)19-38-30-14-11-23(17-36)15-29(30)31(32,33)34/h3-17H,18-19H2,1-2H3. The first-order chi connectivity index (χ1) is 18.2. The number of halogens is 3. The Hall–Kier alpha value is -4.39. The van der Waals surface area contributed by atoms with Crippen LogP contribution in [0.25, 0.3) is 11.1 Å². The molecule has 0 aliphatic carbocycles. The average Bonchev–Trinajstić information content (AvgIpc) is 2.92. The van der Waals surface area contributed by atoms with Gasteiger partial charge in [-0.05, 0) is 89.7 Å². The maximum absolute atomic E-state index is 13.5. The smallest absolute Gasteiger partial charge is 0.419 e. The number of rotatable bonds is 9. The Morgan fingerprint density at radius 1 is 0.684 bits per heavy atom. The van der Waals surface area contributed by atoms with Crippen LogP contribution in [0.5, 0.6) is 11.5 Å². The van der Waals surface area contributed by atoms with Crippen LogP contribution in [0.2, 0.25) is 0 Å². The van der Waals surface area contributed by atoms with Crippen molar-refractivity contribution in [2.75, 3.05) is 0 Å². The largest absolute Gasteiger partial charge is 0.489 e. The third kappa shape index (κ3) is 5.94. The van der Waals surface area contributed by atoms with E-state index in [1.54, 1.807) is 24.3 Å². The van der Waals surface area contributed by atoms with Crippen molar-refractivity contribution < 1.29 is 32.2 Å². The highest BCUT2D eigenvalue weighted by Gasteiger charge is 2.34. The second-order valence-electron chi connectivity index (χ2n) is 8.81. The number of carbonyl (C=O) groups is 2. The van der Waals surface area contributed by atoms with Gasteiger partial charge in [0.25, 0.3) is 0 Å². The second-order valence-corrected chi connectivity index (χ2v) is 8.81. The molecular formula is C31H25F3O4. The number of carbonyl (C=O) groups excluding carboxylic acids is 2. The number of alkyl halides is 3. The first-order valence-corrected chi connectivity index (χ1v) is 11.9. The molecule has 0 N–H and O–H groups in total. The van der Waals surface area contributed by atoms with Crippen LogP contribution in [0.4, 0.5) is 13.2 Å². The van der Waals surface area contributed by atoms with Crippen molar-refractivity contribution in [3.63, 3.8) is 0 Å². The van der Waals surface area contributed by atoms with E-state index in [0.29, 0.717) is 24.2 Å². The minimum Gasteiger partial charge on any atom is -0.489 e. The fourth-order valence-corrected chi connectivity index (χ4v) is 4.19. The summed E-state index contributed by atoms with van der Waals surface area (Å²) in [6.45, 7) is 4.17. The van der Waals surface area contributed by atoms with Gasteiger partial charge in [0, 0.05) is 11.1 Å². The third-order valence-corrected chi connectivity index (χ3v) is 6.42. The Kier molecular flexibility index (Phi) is 7.96. The van der Waals surface area contributed by atoms with Crippen molar-refractivity contribution in [1.29, 1.82) is 0 Å². The lowest BCUT2D eigenvalue weighted by Gasteiger charge is -2.18.